The van der Waals surface area contributed by atoms with Crippen molar-refractivity contribution >= 4 is 23.2 Å². The molecule has 0 radical (unpaired) electrons. The summed E-state index contributed by atoms with van der Waals surface area (Å²) in [6.45, 7) is 6.71. The van der Waals surface area contributed by atoms with Crippen molar-refractivity contribution in [2.45, 2.75) is 27.3 Å². The molecule has 1 heterocycles. The minimum absolute atomic E-state index is 0.0122. The van der Waals surface area contributed by atoms with Crippen molar-refractivity contribution in [1.29, 1.82) is 0 Å². The molecule has 0 spiro atoms. The number of nitrogens with one attached hydrogen (secondary N) is 1. The Morgan fingerprint density at radius 1 is 1.35 bits per heavy atom. The number of carbonyl (C=O) groups excluding carboxylic acids is 1. The Labute approximate surface area is 122 Å². The second-order valence-corrected chi connectivity index (χ2v) is 5.02. The minimum atomic E-state index is -0.506. The fourth-order valence-electron chi connectivity index (χ4n) is 2.29. The SMILES string of the molecule is CCn1c(C)cc(C(=O)Nc2ccc(F)c(Cl)c2)c1C. The van der Waals surface area contributed by atoms with Gasteiger partial charge in [0.1, 0.15) is 5.82 Å². The van der Waals surface area contributed by atoms with E-state index in [1.54, 1.807) is 0 Å². The monoisotopic (exact) mass is 294 g/mol. The van der Waals surface area contributed by atoms with Crippen molar-refractivity contribution in [2.24, 2.45) is 0 Å². The number of carbonyl (C=O) groups is 1. The molecular weight excluding hydrogens is 279 g/mol. The van der Waals surface area contributed by atoms with E-state index in [0.717, 1.165) is 17.9 Å². The van der Waals surface area contributed by atoms with E-state index in [-0.39, 0.29) is 10.9 Å². The first-order valence-electron chi connectivity index (χ1n) is 6.37. The molecule has 20 heavy (non-hydrogen) atoms. The largest absolute Gasteiger partial charge is 0.349 e. The molecule has 0 aliphatic carbocycles. The molecule has 1 amide bonds. The lowest BCUT2D eigenvalue weighted by Crippen LogP contribution is -2.13. The first-order chi connectivity index (χ1) is 9.43. The van der Waals surface area contributed by atoms with Crippen LogP contribution >= 0.6 is 11.6 Å². The smallest absolute Gasteiger partial charge is 0.257 e. The zero-order chi connectivity index (χ0) is 14.9. The van der Waals surface area contributed by atoms with Crippen molar-refractivity contribution in [3.63, 3.8) is 0 Å². The van der Waals surface area contributed by atoms with Gasteiger partial charge in [-0.05, 0) is 45.0 Å². The highest BCUT2D eigenvalue weighted by Crippen LogP contribution is 2.21. The number of benzene rings is 1. The van der Waals surface area contributed by atoms with Crippen molar-refractivity contribution < 1.29 is 9.18 Å². The number of hydrogen-bond donors (Lipinski definition) is 1. The summed E-state index contributed by atoms with van der Waals surface area (Å²) in [5.74, 6) is -0.727. The highest BCUT2D eigenvalue weighted by Gasteiger charge is 2.15. The van der Waals surface area contributed by atoms with Crippen LogP contribution in [0.5, 0.6) is 0 Å². The second-order valence-electron chi connectivity index (χ2n) is 4.61. The zero-order valence-electron chi connectivity index (χ0n) is 11.6. The summed E-state index contributed by atoms with van der Waals surface area (Å²) in [6.07, 6.45) is 0. The van der Waals surface area contributed by atoms with Crippen molar-refractivity contribution in [3.8, 4) is 0 Å². The van der Waals surface area contributed by atoms with Gasteiger partial charge in [-0.1, -0.05) is 11.6 Å². The van der Waals surface area contributed by atoms with Crippen LogP contribution in [-0.4, -0.2) is 10.5 Å². The van der Waals surface area contributed by atoms with Crippen molar-refractivity contribution in [3.05, 3.63) is 52.1 Å². The summed E-state index contributed by atoms with van der Waals surface area (Å²) in [5, 5.41) is 2.72. The highest BCUT2D eigenvalue weighted by molar-refractivity contribution is 6.31. The average Bonchev–Trinajstić information content (AvgIpc) is 2.69. The molecule has 0 saturated heterocycles. The van der Waals surface area contributed by atoms with E-state index in [1.165, 1.54) is 18.2 Å². The third-order valence-electron chi connectivity index (χ3n) is 3.31. The highest BCUT2D eigenvalue weighted by atomic mass is 35.5. The number of halogens is 2. The molecule has 0 saturated carbocycles. The van der Waals surface area contributed by atoms with Gasteiger partial charge < -0.3 is 9.88 Å². The normalized spacial score (nSPS) is 10.7. The van der Waals surface area contributed by atoms with Crippen LogP contribution < -0.4 is 5.32 Å². The van der Waals surface area contributed by atoms with Crippen LogP contribution in [0.3, 0.4) is 0 Å². The van der Waals surface area contributed by atoms with E-state index in [9.17, 15) is 9.18 Å². The molecule has 0 aliphatic rings. The number of aryl methyl sites for hydroxylation is 1. The predicted molar refractivity (Wildman–Crippen MR) is 78.9 cm³/mol. The van der Waals surface area contributed by atoms with Gasteiger partial charge in [-0.15, -0.1) is 0 Å². The number of nitrogens with zero attached hydrogens (tertiary/aromatic N) is 1. The van der Waals surface area contributed by atoms with Gasteiger partial charge >= 0.3 is 0 Å². The molecular formula is C15H16ClFN2O. The van der Waals surface area contributed by atoms with E-state index in [2.05, 4.69) is 9.88 Å². The van der Waals surface area contributed by atoms with Gasteiger partial charge in [0.25, 0.3) is 5.91 Å². The summed E-state index contributed by atoms with van der Waals surface area (Å²) >= 11 is 5.70. The second kappa shape index (κ2) is 5.67. The molecule has 3 nitrogen and oxygen atoms in total. The summed E-state index contributed by atoms with van der Waals surface area (Å²) in [5.41, 5.74) is 3.04. The van der Waals surface area contributed by atoms with E-state index < -0.39 is 5.82 Å². The molecule has 0 atom stereocenters. The third-order valence-corrected chi connectivity index (χ3v) is 3.60. The molecule has 1 N–H and O–H groups in total. The molecule has 1 aromatic carbocycles. The Morgan fingerprint density at radius 3 is 2.60 bits per heavy atom. The van der Waals surface area contributed by atoms with Gasteiger partial charge in [-0.2, -0.15) is 0 Å². The first-order valence-corrected chi connectivity index (χ1v) is 6.75. The first kappa shape index (κ1) is 14.6. The summed E-state index contributed by atoms with van der Waals surface area (Å²) in [7, 11) is 0. The lowest BCUT2D eigenvalue weighted by atomic mass is 10.2. The topological polar surface area (TPSA) is 34.0 Å². The lowest BCUT2D eigenvalue weighted by Gasteiger charge is -2.07. The summed E-state index contributed by atoms with van der Waals surface area (Å²) in [4.78, 5) is 12.3. The third kappa shape index (κ3) is 2.70. The van der Waals surface area contributed by atoms with Crippen LogP contribution in [-0.2, 0) is 6.54 Å². The number of amides is 1. The Hall–Kier alpha value is -1.81. The lowest BCUT2D eigenvalue weighted by molar-refractivity contribution is 0.102. The Morgan fingerprint density at radius 2 is 2.05 bits per heavy atom. The van der Waals surface area contributed by atoms with E-state index in [1.807, 2.05) is 26.8 Å². The number of rotatable bonds is 3. The van der Waals surface area contributed by atoms with Crippen LogP contribution in [0.1, 0.15) is 28.7 Å². The zero-order valence-corrected chi connectivity index (χ0v) is 12.4. The Balaban J connectivity index is 2.26. The summed E-state index contributed by atoms with van der Waals surface area (Å²) in [6, 6.07) is 5.96. The van der Waals surface area contributed by atoms with Crippen LogP contribution in [0.15, 0.2) is 24.3 Å². The van der Waals surface area contributed by atoms with E-state index >= 15 is 0 Å². The average molecular weight is 295 g/mol. The van der Waals surface area contributed by atoms with Crippen molar-refractivity contribution in [1.82, 2.24) is 4.57 Å². The van der Waals surface area contributed by atoms with Crippen LogP contribution in [0, 0.1) is 19.7 Å². The maximum atomic E-state index is 13.1. The molecule has 0 unspecified atom stereocenters. The predicted octanol–water partition coefficient (Wildman–Crippen LogP) is 4.17. The van der Waals surface area contributed by atoms with Gasteiger partial charge in [-0.25, -0.2) is 4.39 Å². The molecule has 0 aliphatic heterocycles. The standard InChI is InChI=1S/C15H16ClFN2O/c1-4-19-9(2)7-12(10(19)3)15(20)18-11-5-6-14(17)13(16)8-11/h5-8H,4H2,1-3H3,(H,18,20). The van der Waals surface area contributed by atoms with E-state index in [4.69, 9.17) is 11.6 Å². The fourth-order valence-corrected chi connectivity index (χ4v) is 2.47. The molecule has 2 aromatic rings. The van der Waals surface area contributed by atoms with Crippen LogP contribution in [0.4, 0.5) is 10.1 Å². The van der Waals surface area contributed by atoms with Gasteiger partial charge in [0, 0.05) is 23.6 Å². The maximum Gasteiger partial charge on any atom is 0.257 e. The summed E-state index contributed by atoms with van der Waals surface area (Å²) < 4.78 is 15.1. The number of anilines is 1. The molecule has 1 aromatic heterocycles. The van der Waals surface area contributed by atoms with Crippen LogP contribution in [0.2, 0.25) is 5.02 Å². The number of aromatic nitrogens is 1. The fraction of sp³-hybridized carbons (Fsp3) is 0.267. The van der Waals surface area contributed by atoms with Crippen molar-refractivity contribution in [2.75, 3.05) is 5.32 Å². The minimum Gasteiger partial charge on any atom is -0.349 e. The van der Waals surface area contributed by atoms with Crippen LogP contribution in [0.25, 0.3) is 0 Å². The molecule has 0 bridgehead atoms. The number of hydrogen-bond acceptors (Lipinski definition) is 1. The van der Waals surface area contributed by atoms with Gasteiger partial charge in [0.15, 0.2) is 0 Å². The van der Waals surface area contributed by atoms with Gasteiger partial charge in [0.2, 0.25) is 0 Å². The van der Waals surface area contributed by atoms with E-state index in [0.29, 0.717) is 11.3 Å². The Kier molecular flexibility index (Phi) is 4.14. The molecule has 2 rings (SSSR count). The quantitative estimate of drug-likeness (QED) is 0.906. The van der Waals surface area contributed by atoms with Gasteiger partial charge in [-0.3, -0.25) is 4.79 Å². The molecule has 0 fully saturated rings. The maximum absolute atomic E-state index is 13.1. The Bertz CT molecular complexity index is 664. The molecule has 5 heteroatoms. The molecule has 106 valence electrons. The van der Waals surface area contributed by atoms with Gasteiger partial charge in [0.05, 0.1) is 10.6 Å².